The lowest BCUT2D eigenvalue weighted by Crippen LogP contribution is -2.13. The monoisotopic (exact) mass is 617 g/mol. The molecule has 0 atom stereocenters. The van der Waals surface area contributed by atoms with E-state index < -0.39 is 5.97 Å². The third kappa shape index (κ3) is 35.1. The zero-order chi connectivity index (χ0) is 32.0. The van der Waals surface area contributed by atoms with Crippen LogP contribution in [0.5, 0.6) is 0 Å². The number of aliphatic carboxylic acids is 1. The van der Waals surface area contributed by atoms with Gasteiger partial charge in [0.25, 0.3) is 0 Å². The summed E-state index contributed by atoms with van der Waals surface area (Å²) in [7, 11) is 0. The summed E-state index contributed by atoms with van der Waals surface area (Å²) in [4.78, 5) is 13.6. The van der Waals surface area contributed by atoms with Crippen molar-refractivity contribution in [3.05, 3.63) is 17.7 Å². The van der Waals surface area contributed by atoms with E-state index in [-0.39, 0.29) is 5.71 Å². The maximum absolute atomic E-state index is 10.8. The van der Waals surface area contributed by atoms with Gasteiger partial charge in [0.2, 0.25) is 0 Å². The van der Waals surface area contributed by atoms with Gasteiger partial charge in [0.15, 0.2) is 0 Å². The average molecular weight is 617 g/mol. The van der Waals surface area contributed by atoms with Gasteiger partial charge >= 0.3 is 11.7 Å². The fraction of sp³-hybridized carbons (Fsp3) is 0.900. The number of unbranched alkanes of at least 4 members (excludes halogenated alkanes) is 32. The molecule has 0 aromatic rings. The number of hydrogen-bond acceptors (Lipinski definition) is 1. The van der Waals surface area contributed by atoms with Crippen LogP contribution in [0.2, 0.25) is 0 Å². The van der Waals surface area contributed by atoms with E-state index in [1.807, 2.05) is 0 Å². The van der Waals surface area contributed by atoms with E-state index in [2.05, 4.69) is 23.9 Å². The predicted molar refractivity (Wildman–Crippen MR) is 193 cm³/mol. The normalized spacial score (nSPS) is 11.4. The van der Waals surface area contributed by atoms with Crippen molar-refractivity contribution in [2.45, 2.75) is 232 Å². The first-order valence-electron chi connectivity index (χ1n) is 19.8. The van der Waals surface area contributed by atoms with Crippen LogP contribution < -0.4 is 0 Å². The van der Waals surface area contributed by atoms with Crippen LogP contribution in [0.3, 0.4) is 0 Å². The van der Waals surface area contributed by atoms with E-state index in [4.69, 9.17) is 10.6 Å². The molecule has 0 fully saturated rings. The minimum atomic E-state index is -1.11. The molecule has 0 aliphatic rings. The van der Waals surface area contributed by atoms with Gasteiger partial charge in [0.1, 0.15) is 0 Å². The van der Waals surface area contributed by atoms with E-state index >= 15 is 0 Å². The van der Waals surface area contributed by atoms with Gasteiger partial charge < -0.3 is 10.6 Å². The quantitative estimate of drug-likeness (QED) is 0.0248. The lowest BCUT2D eigenvalue weighted by atomic mass is 10.0. The molecular weight excluding hydrogens is 540 g/mol. The van der Waals surface area contributed by atoms with Gasteiger partial charge in [-0.2, -0.15) is 4.79 Å². The zero-order valence-electron chi connectivity index (χ0n) is 29.7. The molecule has 4 nitrogen and oxygen atoms in total. The second-order valence-electron chi connectivity index (χ2n) is 13.6. The summed E-state index contributed by atoms with van der Waals surface area (Å²) in [6.45, 7) is 2.28. The van der Waals surface area contributed by atoms with Crippen molar-refractivity contribution in [1.82, 2.24) is 0 Å². The highest BCUT2D eigenvalue weighted by Gasteiger charge is 2.16. The van der Waals surface area contributed by atoms with Crippen LogP contribution >= 0.6 is 0 Å². The van der Waals surface area contributed by atoms with Crippen molar-refractivity contribution in [2.24, 2.45) is 0 Å². The minimum absolute atomic E-state index is 0.120. The number of carboxylic acids is 1. The Hall–Kier alpha value is -1.41. The first kappa shape index (κ1) is 42.6. The fourth-order valence-electron chi connectivity index (χ4n) is 6.28. The predicted octanol–water partition coefficient (Wildman–Crippen LogP) is 14.0. The van der Waals surface area contributed by atoms with Crippen LogP contribution in [0.15, 0.2) is 12.2 Å². The van der Waals surface area contributed by atoms with Gasteiger partial charge in [0, 0.05) is 0 Å². The van der Waals surface area contributed by atoms with Gasteiger partial charge in [-0.3, -0.25) is 0 Å². The van der Waals surface area contributed by atoms with Gasteiger partial charge in [-0.25, -0.2) is 4.79 Å². The van der Waals surface area contributed by atoms with Crippen molar-refractivity contribution in [3.63, 3.8) is 0 Å². The summed E-state index contributed by atoms with van der Waals surface area (Å²) in [5.74, 6) is -1.11. The van der Waals surface area contributed by atoms with Crippen LogP contribution in [0.1, 0.15) is 232 Å². The Balaban J connectivity index is 3.11. The Morgan fingerprint density at radius 1 is 0.455 bits per heavy atom. The molecule has 0 saturated carbocycles. The average Bonchev–Trinajstić information content (AvgIpc) is 3.02. The highest BCUT2D eigenvalue weighted by atomic mass is 16.4. The number of hydrogen-bond donors (Lipinski definition) is 1. The van der Waals surface area contributed by atoms with Gasteiger partial charge in [-0.1, -0.05) is 205 Å². The third-order valence-corrected chi connectivity index (χ3v) is 9.29. The molecule has 0 heterocycles. The Labute approximate surface area is 275 Å². The third-order valence-electron chi connectivity index (χ3n) is 9.29. The summed E-state index contributed by atoms with van der Waals surface area (Å²) in [5, 5.41) is 8.81. The van der Waals surface area contributed by atoms with E-state index in [0.29, 0.717) is 6.42 Å². The molecule has 44 heavy (non-hydrogen) atoms. The molecule has 0 radical (unpaired) electrons. The number of nitrogens with zero attached hydrogens (tertiary/aromatic N) is 2. The molecule has 0 amide bonds. The lowest BCUT2D eigenvalue weighted by molar-refractivity contribution is -0.134. The fourth-order valence-corrected chi connectivity index (χ4v) is 6.28. The Kier molecular flexibility index (Phi) is 36.6. The largest absolute Gasteiger partial charge is 0.473 e. The number of carbonyl (C=O) groups is 1. The first-order chi connectivity index (χ1) is 21.7. The molecule has 0 rings (SSSR count). The van der Waals surface area contributed by atoms with Gasteiger partial charge in [0.05, 0.1) is 6.42 Å². The highest BCUT2D eigenvalue weighted by Crippen LogP contribution is 2.17. The molecule has 0 aliphatic carbocycles. The molecule has 0 unspecified atom stereocenters. The van der Waals surface area contributed by atoms with Crippen LogP contribution in [0, 0.1) is 0 Å². The second kappa shape index (κ2) is 37.8. The molecule has 0 bridgehead atoms. The molecule has 0 saturated heterocycles. The maximum atomic E-state index is 10.8. The lowest BCUT2D eigenvalue weighted by Gasteiger charge is -2.04. The SMILES string of the molecule is CCCCCC=CCCCCCCCCCCCCCCCCCCCCCCCCCCCCCCCC(=[N+]=[N-])C(=O)O. The summed E-state index contributed by atoms with van der Waals surface area (Å²) in [5.41, 5.74) is 8.51. The van der Waals surface area contributed by atoms with Crippen molar-refractivity contribution in [2.75, 3.05) is 0 Å². The van der Waals surface area contributed by atoms with Crippen molar-refractivity contribution < 1.29 is 14.7 Å². The Morgan fingerprint density at radius 3 is 0.955 bits per heavy atom. The van der Waals surface area contributed by atoms with E-state index in [0.717, 1.165) is 19.3 Å². The molecular formula is C40H76N2O2. The summed E-state index contributed by atoms with van der Waals surface area (Å²) >= 11 is 0. The van der Waals surface area contributed by atoms with Gasteiger partial charge in [-0.15, -0.1) is 0 Å². The van der Waals surface area contributed by atoms with Crippen LogP contribution in [0.25, 0.3) is 5.53 Å². The Morgan fingerprint density at radius 2 is 0.705 bits per heavy atom. The maximum Gasteiger partial charge on any atom is 0.414 e. The standard InChI is InChI=1S/C40H76N2O2/c1-2-3-4-5-6-7-8-9-10-11-12-13-14-15-16-17-18-19-20-21-22-23-24-25-26-27-28-29-30-31-32-33-34-35-36-37-38-39(42-41)40(43)44/h6-7H,2-5,8-38H2,1H3,(H,43,44). The van der Waals surface area contributed by atoms with Gasteiger partial charge in [-0.05, 0) is 32.1 Å². The molecule has 0 spiro atoms. The van der Waals surface area contributed by atoms with E-state index in [1.165, 1.54) is 199 Å². The number of allylic oxidation sites excluding steroid dienone is 2. The van der Waals surface area contributed by atoms with E-state index in [9.17, 15) is 4.79 Å². The van der Waals surface area contributed by atoms with Crippen LogP contribution in [-0.4, -0.2) is 21.6 Å². The zero-order valence-corrected chi connectivity index (χ0v) is 29.7. The van der Waals surface area contributed by atoms with E-state index in [1.54, 1.807) is 0 Å². The summed E-state index contributed by atoms with van der Waals surface area (Å²) in [6, 6.07) is 0. The first-order valence-corrected chi connectivity index (χ1v) is 19.8. The molecule has 1 N–H and O–H groups in total. The topological polar surface area (TPSA) is 73.7 Å². The van der Waals surface area contributed by atoms with Crippen LogP contribution in [-0.2, 0) is 4.79 Å². The molecule has 0 aliphatic heterocycles. The summed E-state index contributed by atoms with van der Waals surface area (Å²) < 4.78 is 0. The molecule has 0 aromatic heterocycles. The minimum Gasteiger partial charge on any atom is -0.473 e. The second-order valence-corrected chi connectivity index (χ2v) is 13.6. The molecule has 4 heteroatoms. The highest BCUT2D eigenvalue weighted by molar-refractivity contribution is 6.32. The van der Waals surface area contributed by atoms with Crippen molar-refractivity contribution in [3.8, 4) is 0 Å². The smallest absolute Gasteiger partial charge is 0.414 e. The molecule has 0 aromatic carbocycles. The van der Waals surface area contributed by atoms with Crippen molar-refractivity contribution in [1.29, 1.82) is 0 Å². The van der Waals surface area contributed by atoms with Crippen molar-refractivity contribution >= 4 is 11.7 Å². The summed E-state index contributed by atoms with van der Waals surface area (Å²) in [6.07, 6.45) is 51.7. The number of rotatable bonds is 37. The molecule has 258 valence electrons. The number of carboxylic acid groups (broad SMARTS) is 1. The van der Waals surface area contributed by atoms with Crippen LogP contribution in [0.4, 0.5) is 0 Å². The Bertz CT molecular complexity index is 668.